The second-order valence-electron chi connectivity index (χ2n) is 6.77. The second kappa shape index (κ2) is 4.16. The van der Waals surface area contributed by atoms with E-state index in [9.17, 15) is 0 Å². The molecule has 1 aliphatic heterocycles. The maximum Gasteiger partial charge on any atom is 0.127 e. The zero-order chi connectivity index (χ0) is 13.7. The minimum atomic E-state index is -0.00575. The van der Waals surface area contributed by atoms with E-state index >= 15 is 0 Å². The van der Waals surface area contributed by atoms with E-state index in [1.807, 2.05) is 6.07 Å². The van der Waals surface area contributed by atoms with Crippen LogP contribution in [-0.2, 0) is 5.41 Å². The Morgan fingerprint density at radius 2 is 1.89 bits per heavy atom. The third kappa shape index (κ3) is 1.76. The summed E-state index contributed by atoms with van der Waals surface area (Å²) >= 11 is 0. The van der Waals surface area contributed by atoms with Gasteiger partial charge in [-0.1, -0.05) is 26.8 Å². The van der Waals surface area contributed by atoms with Gasteiger partial charge in [0.15, 0.2) is 0 Å². The molecule has 19 heavy (non-hydrogen) atoms. The van der Waals surface area contributed by atoms with E-state index in [0.717, 1.165) is 30.3 Å². The first-order valence-electron chi connectivity index (χ1n) is 7.36. The normalized spacial score (nSPS) is 31.9. The lowest BCUT2D eigenvalue weighted by molar-refractivity contribution is -0.0144. The number of rotatable bonds is 1. The van der Waals surface area contributed by atoms with Crippen molar-refractivity contribution in [2.45, 2.75) is 57.5 Å². The van der Waals surface area contributed by atoms with E-state index in [2.05, 4.69) is 32.9 Å². The lowest BCUT2D eigenvalue weighted by Gasteiger charge is -2.44. The van der Waals surface area contributed by atoms with Gasteiger partial charge in [0.25, 0.3) is 0 Å². The summed E-state index contributed by atoms with van der Waals surface area (Å²) in [7, 11) is 1.71. The molecule has 1 saturated carbocycles. The average Bonchev–Trinajstić information content (AvgIpc) is 2.61. The topological polar surface area (TPSA) is 18.5 Å². The lowest BCUT2D eigenvalue weighted by atomic mass is 9.64. The van der Waals surface area contributed by atoms with Crippen LogP contribution in [0.5, 0.6) is 11.5 Å². The van der Waals surface area contributed by atoms with Crippen molar-refractivity contribution >= 4 is 0 Å². The quantitative estimate of drug-likeness (QED) is 0.749. The van der Waals surface area contributed by atoms with Gasteiger partial charge in [0, 0.05) is 17.0 Å². The summed E-state index contributed by atoms with van der Waals surface area (Å²) in [4.78, 5) is 0. The second-order valence-corrected chi connectivity index (χ2v) is 6.77. The van der Waals surface area contributed by atoms with Crippen molar-refractivity contribution in [3.8, 4) is 11.5 Å². The summed E-state index contributed by atoms with van der Waals surface area (Å²) in [6.45, 7) is 7.02. The first-order chi connectivity index (χ1) is 8.98. The fourth-order valence-corrected chi connectivity index (χ4v) is 3.77. The summed E-state index contributed by atoms with van der Waals surface area (Å²) in [6.07, 6.45) is 4.87. The minimum Gasteiger partial charge on any atom is -0.497 e. The van der Waals surface area contributed by atoms with Crippen molar-refractivity contribution in [1.82, 2.24) is 0 Å². The van der Waals surface area contributed by atoms with Gasteiger partial charge in [-0.25, -0.2) is 0 Å². The van der Waals surface area contributed by atoms with Crippen molar-refractivity contribution in [3.63, 3.8) is 0 Å². The highest BCUT2D eigenvalue weighted by molar-refractivity contribution is 5.50. The van der Waals surface area contributed by atoms with Gasteiger partial charge in [0.1, 0.15) is 17.1 Å². The van der Waals surface area contributed by atoms with Crippen molar-refractivity contribution in [2.24, 2.45) is 5.92 Å². The number of hydrogen-bond acceptors (Lipinski definition) is 2. The molecule has 1 aromatic carbocycles. The summed E-state index contributed by atoms with van der Waals surface area (Å²) in [5.41, 5.74) is 1.42. The van der Waals surface area contributed by atoms with Gasteiger partial charge in [-0.15, -0.1) is 0 Å². The molecule has 1 aromatic rings. The Morgan fingerprint density at radius 1 is 1.21 bits per heavy atom. The molecule has 0 atom stereocenters. The van der Waals surface area contributed by atoms with Crippen LogP contribution in [0.3, 0.4) is 0 Å². The van der Waals surface area contributed by atoms with Gasteiger partial charge in [0.2, 0.25) is 0 Å². The van der Waals surface area contributed by atoms with Crippen LogP contribution in [0.25, 0.3) is 0 Å². The van der Waals surface area contributed by atoms with E-state index in [1.54, 1.807) is 7.11 Å². The molecule has 3 rings (SSSR count). The van der Waals surface area contributed by atoms with E-state index < -0.39 is 0 Å². The summed E-state index contributed by atoms with van der Waals surface area (Å²) < 4.78 is 11.8. The molecule has 0 saturated heterocycles. The standard InChI is InChI=1S/C17H24O2/c1-12-7-9-17(10-8-12)16(2,3)14-6-5-13(18-4)11-15(14)19-17/h5-6,11-12H,7-10H2,1-4H3. The summed E-state index contributed by atoms with van der Waals surface area (Å²) in [6, 6.07) is 6.28. The Labute approximate surface area is 116 Å². The van der Waals surface area contributed by atoms with Crippen molar-refractivity contribution in [3.05, 3.63) is 23.8 Å². The van der Waals surface area contributed by atoms with Crippen LogP contribution in [0, 0.1) is 5.92 Å². The molecule has 2 nitrogen and oxygen atoms in total. The maximum absolute atomic E-state index is 6.46. The summed E-state index contributed by atoms with van der Waals surface area (Å²) in [5.74, 6) is 2.75. The third-order valence-electron chi connectivity index (χ3n) is 5.39. The largest absolute Gasteiger partial charge is 0.497 e. The molecule has 1 fully saturated rings. The van der Waals surface area contributed by atoms with Crippen molar-refractivity contribution in [2.75, 3.05) is 7.11 Å². The molecule has 1 spiro atoms. The van der Waals surface area contributed by atoms with Crippen LogP contribution >= 0.6 is 0 Å². The van der Waals surface area contributed by atoms with Gasteiger partial charge < -0.3 is 9.47 Å². The minimum absolute atomic E-state index is 0.00575. The molecule has 1 heterocycles. The Hall–Kier alpha value is -1.18. The monoisotopic (exact) mass is 260 g/mol. The first kappa shape index (κ1) is 12.8. The predicted molar refractivity (Wildman–Crippen MR) is 77.0 cm³/mol. The van der Waals surface area contributed by atoms with E-state index in [1.165, 1.54) is 18.4 Å². The molecule has 1 aliphatic carbocycles. The molecular weight excluding hydrogens is 236 g/mol. The highest BCUT2D eigenvalue weighted by Gasteiger charge is 2.55. The molecule has 2 aliphatic rings. The SMILES string of the molecule is COc1ccc2c(c1)OC1(CCC(C)CC1)C2(C)C. The highest BCUT2D eigenvalue weighted by atomic mass is 16.5. The molecule has 0 unspecified atom stereocenters. The van der Waals surface area contributed by atoms with Crippen LogP contribution in [-0.4, -0.2) is 12.7 Å². The molecule has 0 amide bonds. The van der Waals surface area contributed by atoms with E-state index in [0.29, 0.717) is 0 Å². The number of methoxy groups -OCH3 is 1. The number of ether oxygens (including phenoxy) is 2. The van der Waals surface area contributed by atoms with Crippen molar-refractivity contribution < 1.29 is 9.47 Å². The summed E-state index contributed by atoms with van der Waals surface area (Å²) in [5, 5.41) is 0. The van der Waals surface area contributed by atoms with Crippen LogP contribution in [0.15, 0.2) is 18.2 Å². The highest BCUT2D eigenvalue weighted by Crippen LogP contribution is 2.56. The number of fused-ring (bicyclic) bond motifs is 1. The predicted octanol–water partition coefficient (Wildman–Crippen LogP) is 4.31. The van der Waals surface area contributed by atoms with Crippen LogP contribution in [0.4, 0.5) is 0 Å². The average molecular weight is 260 g/mol. The Morgan fingerprint density at radius 3 is 2.53 bits per heavy atom. The Balaban J connectivity index is 1.99. The molecule has 0 aromatic heterocycles. The smallest absolute Gasteiger partial charge is 0.127 e. The molecule has 104 valence electrons. The molecule has 0 N–H and O–H groups in total. The Kier molecular flexibility index (Phi) is 2.81. The fourth-order valence-electron chi connectivity index (χ4n) is 3.77. The van der Waals surface area contributed by atoms with Gasteiger partial charge in [0.05, 0.1) is 7.11 Å². The Bertz CT molecular complexity index is 482. The van der Waals surface area contributed by atoms with E-state index in [4.69, 9.17) is 9.47 Å². The van der Waals surface area contributed by atoms with Crippen LogP contribution < -0.4 is 9.47 Å². The fraction of sp³-hybridized carbons (Fsp3) is 0.647. The third-order valence-corrected chi connectivity index (χ3v) is 5.39. The van der Waals surface area contributed by atoms with Crippen LogP contribution in [0.2, 0.25) is 0 Å². The number of hydrogen-bond donors (Lipinski definition) is 0. The first-order valence-corrected chi connectivity index (χ1v) is 7.36. The van der Waals surface area contributed by atoms with Crippen molar-refractivity contribution in [1.29, 1.82) is 0 Å². The molecular formula is C17H24O2. The lowest BCUT2D eigenvalue weighted by Crippen LogP contribution is -2.50. The van der Waals surface area contributed by atoms with Crippen LogP contribution in [0.1, 0.15) is 52.0 Å². The van der Waals surface area contributed by atoms with Gasteiger partial charge in [-0.05, 0) is 37.7 Å². The zero-order valence-corrected chi connectivity index (χ0v) is 12.5. The van der Waals surface area contributed by atoms with Gasteiger partial charge in [-0.2, -0.15) is 0 Å². The molecule has 0 radical (unpaired) electrons. The molecule has 2 heteroatoms. The molecule has 0 bridgehead atoms. The zero-order valence-electron chi connectivity index (χ0n) is 12.5. The maximum atomic E-state index is 6.46. The van der Waals surface area contributed by atoms with Gasteiger partial charge >= 0.3 is 0 Å². The van der Waals surface area contributed by atoms with Gasteiger partial charge in [-0.3, -0.25) is 0 Å². The number of benzene rings is 1. The van der Waals surface area contributed by atoms with E-state index in [-0.39, 0.29) is 11.0 Å².